The predicted octanol–water partition coefficient (Wildman–Crippen LogP) is 4.22. The van der Waals surface area contributed by atoms with Gasteiger partial charge >= 0.3 is 6.03 Å². The van der Waals surface area contributed by atoms with Gasteiger partial charge < -0.3 is 10.6 Å². The molecule has 2 N–H and O–H groups in total. The van der Waals surface area contributed by atoms with E-state index in [1.807, 2.05) is 56.5 Å². The molecule has 1 saturated heterocycles. The van der Waals surface area contributed by atoms with Crippen molar-refractivity contribution in [1.29, 1.82) is 0 Å². The molecule has 0 bridgehead atoms. The number of rotatable bonds is 6. The molecule has 1 unspecified atom stereocenters. The quantitative estimate of drug-likeness (QED) is 0.552. The van der Waals surface area contributed by atoms with Crippen molar-refractivity contribution in [3.63, 3.8) is 0 Å². The molecule has 0 spiro atoms. The predicted molar refractivity (Wildman–Crippen MR) is 124 cm³/mol. The summed E-state index contributed by atoms with van der Waals surface area (Å²) in [5.41, 5.74) is 3.54. The number of amides is 4. The molecule has 2 aromatic carbocycles. The number of anilines is 1. The Morgan fingerprint density at radius 1 is 1.16 bits per heavy atom. The minimum atomic E-state index is -1.16. The summed E-state index contributed by atoms with van der Waals surface area (Å²) >= 11 is 1.30. The fraction of sp³-hybridized carbons (Fsp3) is 0.250. The Morgan fingerprint density at radius 3 is 2.62 bits per heavy atom. The van der Waals surface area contributed by atoms with E-state index in [1.165, 1.54) is 11.3 Å². The zero-order valence-electron chi connectivity index (χ0n) is 18.1. The largest absolute Gasteiger partial charge is 0.325 e. The summed E-state index contributed by atoms with van der Waals surface area (Å²) in [7, 11) is 0. The fourth-order valence-corrected chi connectivity index (χ4v) is 4.63. The van der Waals surface area contributed by atoms with Crippen LogP contribution < -0.4 is 10.6 Å². The maximum absolute atomic E-state index is 13.2. The number of benzene rings is 2. The summed E-state index contributed by atoms with van der Waals surface area (Å²) in [6.07, 6.45) is 0.380. The van der Waals surface area contributed by atoms with Crippen molar-refractivity contribution in [2.75, 3.05) is 11.9 Å². The van der Waals surface area contributed by atoms with E-state index in [4.69, 9.17) is 0 Å². The second-order valence-electron chi connectivity index (χ2n) is 7.85. The molecular weight excluding hydrogens is 424 g/mol. The number of thiazole rings is 1. The molecule has 3 aromatic rings. The number of carbonyl (C=O) groups excluding carboxylic acids is 3. The van der Waals surface area contributed by atoms with Gasteiger partial charge in [0, 0.05) is 10.9 Å². The topological polar surface area (TPSA) is 91.4 Å². The highest BCUT2D eigenvalue weighted by Gasteiger charge is 2.51. The van der Waals surface area contributed by atoms with E-state index >= 15 is 0 Å². The van der Waals surface area contributed by atoms with E-state index in [2.05, 4.69) is 21.7 Å². The van der Waals surface area contributed by atoms with Crippen LogP contribution in [0.15, 0.2) is 53.9 Å². The molecule has 32 heavy (non-hydrogen) atoms. The zero-order chi connectivity index (χ0) is 22.9. The lowest BCUT2D eigenvalue weighted by molar-refractivity contribution is -0.134. The second kappa shape index (κ2) is 8.55. The SMILES string of the molecule is CCC1(c2ccccc2)NC(=O)N(CC(=O)Nc2nc(-c3cc(C)ccc3C)cs2)C1=O. The van der Waals surface area contributed by atoms with Crippen molar-refractivity contribution in [1.82, 2.24) is 15.2 Å². The third kappa shape index (κ3) is 3.89. The summed E-state index contributed by atoms with van der Waals surface area (Å²) in [5.74, 6) is -0.906. The van der Waals surface area contributed by atoms with Crippen molar-refractivity contribution in [2.45, 2.75) is 32.7 Å². The van der Waals surface area contributed by atoms with Crippen molar-refractivity contribution in [2.24, 2.45) is 0 Å². The minimum absolute atomic E-state index is 0.377. The fourth-order valence-electron chi connectivity index (χ4n) is 3.90. The van der Waals surface area contributed by atoms with Gasteiger partial charge in [0.25, 0.3) is 5.91 Å². The standard InChI is InChI=1S/C24H24N4O3S/c1-4-24(17-8-6-5-7-9-17)21(30)28(23(31)27-24)13-20(29)26-22-25-19(14-32-22)18-12-15(2)10-11-16(18)3/h5-12,14H,4,13H2,1-3H3,(H,27,31)(H,25,26,29). The number of nitrogens with one attached hydrogen (secondary N) is 2. The number of aromatic nitrogens is 1. The summed E-state index contributed by atoms with van der Waals surface area (Å²) in [4.78, 5) is 43.9. The molecule has 4 amide bonds. The summed E-state index contributed by atoms with van der Waals surface area (Å²) in [6, 6.07) is 14.6. The summed E-state index contributed by atoms with van der Waals surface area (Å²) < 4.78 is 0. The monoisotopic (exact) mass is 448 g/mol. The maximum Gasteiger partial charge on any atom is 0.325 e. The minimum Gasteiger partial charge on any atom is -0.319 e. The molecule has 164 valence electrons. The normalized spacial score (nSPS) is 18.0. The third-order valence-corrected chi connectivity index (χ3v) is 6.45. The molecule has 1 aliphatic heterocycles. The number of hydrogen-bond donors (Lipinski definition) is 2. The molecule has 1 aliphatic rings. The Bertz CT molecular complexity index is 1190. The van der Waals surface area contributed by atoms with Crippen molar-refractivity contribution in [3.05, 3.63) is 70.6 Å². The first-order chi connectivity index (χ1) is 15.3. The number of imide groups is 1. The lowest BCUT2D eigenvalue weighted by Gasteiger charge is -2.25. The van der Waals surface area contributed by atoms with Gasteiger partial charge in [-0.15, -0.1) is 11.3 Å². The van der Waals surface area contributed by atoms with Crippen LogP contribution >= 0.6 is 11.3 Å². The van der Waals surface area contributed by atoms with E-state index in [1.54, 1.807) is 12.1 Å². The van der Waals surface area contributed by atoms with E-state index in [9.17, 15) is 14.4 Å². The van der Waals surface area contributed by atoms with Crippen LogP contribution in [0.25, 0.3) is 11.3 Å². The smallest absolute Gasteiger partial charge is 0.319 e. The Balaban J connectivity index is 1.48. The number of urea groups is 1. The van der Waals surface area contributed by atoms with Gasteiger partial charge in [-0.25, -0.2) is 9.78 Å². The van der Waals surface area contributed by atoms with Crippen LogP contribution in [0, 0.1) is 13.8 Å². The zero-order valence-corrected chi connectivity index (χ0v) is 19.0. The van der Waals surface area contributed by atoms with Crippen LogP contribution in [0.3, 0.4) is 0 Å². The summed E-state index contributed by atoms with van der Waals surface area (Å²) in [5, 5.41) is 7.79. The molecule has 4 rings (SSSR count). The van der Waals surface area contributed by atoms with Gasteiger partial charge in [0.05, 0.1) is 5.69 Å². The van der Waals surface area contributed by atoms with Gasteiger partial charge in [-0.2, -0.15) is 0 Å². The highest BCUT2D eigenvalue weighted by molar-refractivity contribution is 7.14. The van der Waals surface area contributed by atoms with E-state index in [0.29, 0.717) is 17.1 Å². The van der Waals surface area contributed by atoms with Crippen LogP contribution in [0.1, 0.15) is 30.0 Å². The first kappa shape index (κ1) is 21.7. The lowest BCUT2D eigenvalue weighted by Crippen LogP contribution is -2.44. The van der Waals surface area contributed by atoms with Gasteiger partial charge in [-0.05, 0) is 37.5 Å². The van der Waals surface area contributed by atoms with Crippen molar-refractivity contribution < 1.29 is 14.4 Å². The molecule has 8 heteroatoms. The van der Waals surface area contributed by atoms with Gasteiger partial charge in [-0.1, -0.05) is 55.0 Å². The van der Waals surface area contributed by atoms with Crippen LogP contribution in [-0.4, -0.2) is 34.3 Å². The van der Waals surface area contributed by atoms with Crippen molar-refractivity contribution >= 4 is 34.3 Å². The number of carbonyl (C=O) groups is 3. The Morgan fingerprint density at radius 2 is 1.91 bits per heavy atom. The number of hydrogen-bond acceptors (Lipinski definition) is 5. The second-order valence-corrected chi connectivity index (χ2v) is 8.71. The highest BCUT2D eigenvalue weighted by atomic mass is 32.1. The Kier molecular flexibility index (Phi) is 5.80. The van der Waals surface area contributed by atoms with Crippen LogP contribution in [0.2, 0.25) is 0 Å². The number of aryl methyl sites for hydroxylation is 2. The van der Waals surface area contributed by atoms with E-state index in [-0.39, 0.29) is 6.54 Å². The first-order valence-corrected chi connectivity index (χ1v) is 11.2. The molecular formula is C24H24N4O3S. The average Bonchev–Trinajstić information content (AvgIpc) is 3.34. The van der Waals surface area contributed by atoms with Crippen LogP contribution in [0.5, 0.6) is 0 Å². The highest BCUT2D eigenvalue weighted by Crippen LogP contribution is 2.32. The van der Waals surface area contributed by atoms with Gasteiger partial charge in [0.2, 0.25) is 5.91 Å². The third-order valence-electron chi connectivity index (χ3n) is 5.69. The van der Waals surface area contributed by atoms with Gasteiger partial charge in [0.1, 0.15) is 12.1 Å². The first-order valence-electron chi connectivity index (χ1n) is 10.4. The van der Waals surface area contributed by atoms with Gasteiger partial charge in [0.15, 0.2) is 5.13 Å². The van der Waals surface area contributed by atoms with E-state index in [0.717, 1.165) is 27.3 Å². The van der Waals surface area contributed by atoms with Crippen molar-refractivity contribution in [3.8, 4) is 11.3 Å². The van der Waals surface area contributed by atoms with Crippen LogP contribution in [-0.2, 0) is 15.1 Å². The molecule has 0 radical (unpaired) electrons. The molecule has 0 saturated carbocycles. The maximum atomic E-state index is 13.2. The average molecular weight is 449 g/mol. The summed E-state index contributed by atoms with van der Waals surface area (Å²) in [6.45, 7) is 5.48. The molecule has 1 atom stereocenters. The molecule has 7 nitrogen and oxygen atoms in total. The van der Waals surface area contributed by atoms with Gasteiger partial charge in [-0.3, -0.25) is 14.5 Å². The number of nitrogens with zero attached hydrogens (tertiary/aromatic N) is 2. The van der Waals surface area contributed by atoms with E-state index < -0.39 is 23.4 Å². The molecule has 1 aromatic heterocycles. The Labute approximate surface area is 190 Å². The Hall–Kier alpha value is -3.52. The lowest BCUT2D eigenvalue weighted by atomic mass is 9.87. The molecule has 2 heterocycles. The van der Waals surface area contributed by atoms with Crippen LogP contribution in [0.4, 0.5) is 9.93 Å². The molecule has 1 fully saturated rings. The molecule has 0 aliphatic carbocycles.